The van der Waals surface area contributed by atoms with Gasteiger partial charge in [-0.05, 0) is 35.9 Å². The Morgan fingerprint density at radius 3 is 2.17 bits per heavy atom. The van der Waals surface area contributed by atoms with Gasteiger partial charge >= 0.3 is 6.18 Å². The molecule has 2 aromatic rings. The van der Waals surface area contributed by atoms with E-state index in [0.717, 1.165) is 12.1 Å². The van der Waals surface area contributed by atoms with Crippen LogP contribution in [0.5, 0.6) is 11.5 Å². The first-order valence-corrected chi connectivity index (χ1v) is 6.96. The minimum atomic E-state index is -4.49. The zero-order valence-electron chi connectivity index (χ0n) is 13.1. The monoisotopic (exact) mass is 336 g/mol. The molecule has 0 N–H and O–H groups in total. The number of methoxy groups -OCH3 is 2. The molecule has 0 radical (unpaired) electrons. The van der Waals surface area contributed by atoms with E-state index in [9.17, 15) is 18.0 Å². The first-order valence-electron chi connectivity index (χ1n) is 6.96. The van der Waals surface area contributed by atoms with Gasteiger partial charge in [-0.3, -0.25) is 4.79 Å². The Kier molecular flexibility index (Phi) is 5.28. The predicted octanol–water partition coefficient (Wildman–Crippen LogP) is 4.62. The lowest BCUT2D eigenvalue weighted by Crippen LogP contribution is -2.06. The Morgan fingerprint density at radius 1 is 1.00 bits per heavy atom. The fourth-order valence-electron chi connectivity index (χ4n) is 2.04. The normalized spacial score (nSPS) is 11.5. The lowest BCUT2D eigenvalue weighted by atomic mass is 10.1. The Hall–Kier alpha value is -2.76. The van der Waals surface area contributed by atoms with Crippen molar-refractivity contribution in [2.75, 3.05) is 14.2 Å². The Labute approximate surface area is 137 Å². The molecule has 0 heterocycles. The summed E-state index contributed by atoms with van der Waals surface area (Å²) >= 11 is 0. The molecule has 0 aliphatic heterocycles. The summed E-state index contributed by atoms with van der Waals surface area (Å²) in [6, 6.07) is 9.33. The molecule has 0 saturated heterocycles. The number of ketones is 1. The maximum absolute atomic E-state index is 12.7. The molecule has 6 heteroatoms. The van der Waals surface area contributed by atoms with E-state index < -0.39 is 17.5 Å². The van der Waals surface area contributed by atoms with Crippen molar-refractivity contribution in [2.45, 2.75) is 6.18 Å². The van der Waals surface area contributed by atoms with Gasteiger partial charge in [0.25, 0.3) is 0 Å². The van der Waals surface area contributed by atoms with Crippen molar-refractivity contribution < 1.29 is 27.4 Å². The number of hydrogen-bond donors (Lipinski definition) is 0. The summed E-state index contributed by atoms with van der Waals surface area (Å²) < 4.78 is 48.3. The number of hydrogen-bond acceptors (Lipinski definition) is 3. The van der Waals surface area contributed by atoms with Crippen LogP contribution in [0.2, 0.25) is 0 Å². The number of ether oxygens (including phenoxy) is 2. The van der Waals surface area contributed by atoms with Crippen LogP contribution in [0.1, 0.15) is 21.5 Å². The van der Waals surface area contributed by atoms with E-state index in [4.69, 9.17) is 9.47 Å². The number of carbonyl (C=O) groups excluding carboxylic acids is 1. The van der Waals surface area contributed by atoms with Gasteiger partial charge in [0, 0.05) is 11.6 Å². The third-order valence-corrected chi connectivity index (χ3v) is 3.28. The van der Waals surface area contributed by atoms with Crippen molar-refractivity contribution in [3.05, 3.63) is 65.2 Å². The number of allylic oxidation sites excluding steroid dienone is 1. The molecule has 0 saturated carbocycles. The molecule has 24 heavy (non-hydrogen) atoms. The van der Waals surface area contributed by atoms with Crippen LogP contribution < -0.4 is 9.47 Å². The van der Waals surface area contributed by atoms with Gasteiger partial charge in [0.1, 0.15) is 11.5 Å². The zero-order chi connectivity index (χ0) is 17.7. The second-order valence-electron chi connectivity index (χ2n) is 4.92. The first-order chi connectivity index (χ1) is 11.3. The van der Waals surface area contributed by atoms with Crippen LogP contribution >= 0.6 is 0 Å². The van der Waals surface area contributed by atoms with Gasteiger partial charge in [0.2, 0.25) is 0 Å². The summed E-state index contributed by atoms with van der Waals surface area (Å²) in [5.41, 5.74) is -0.257. The number of carbonyl (C=O) groups is 1. The van der Waals surface area contributed by atoms with Gasteiger partial charge < -0.3 is 9.47 Å². The molecule has 0 unspecified atom stereocenters. The van der Waals surface area contributed by atoms with E-state index in [1.807, 2.05) is 0 Å². The summed E-state index contributed by atoms with van der Waals surface area (Å²) in [7, 11) is 2.99. The maximum Gasteiger partial charge on any atom is 0.416 e. The molecule has 0 aliphatic rings. The second kappa shape index (κ2) is 7.21. The zero-order valence-corrected chi connectivity index (χ0v) is 13.1. The SMILES string of the molecule is COc1cc(/C=C/C(=O)c2cccc(C(F)(F)F)c2)cc(OC)c1. The van der Waals surface area contributed by atoms with Crippen molar-refractivity contribution in [2.24, 2.45) is 0 Å². The van der Waals surface area contributed by atoms with Crippen molar-refractivity contribution in [1.82, 2.24) is 0 Å². The van der Waals surface area contributed by atoms with E-state index >= 15 is 0 Å². The minimum absolute atomic E-state index is 0.0315. The van der Waals surface area contributed by atoms with E-state index in [-0.39, 0.29) is 5.56 Å². The summed E-state index contributed by atoms with van der Waals surface area (Å²) in [5.74, 6) is 0.559. The van der Waals surface area contributed by atoms with Crippen LogP contribution in [0.3, 0.4) is 0 Å². The van der Waals surface area contributed by atoms with Gasteiger partial charge in [0.15, 0.2) is 5.78 Å². The summed E-state index contributed by atoms with van der Waals surface area (Å²) in [6.45, 7) is 0. The molecule has 126 valence electrons. The lowest BCUT2D eigenvalue weighted by molar-refractivity contribution is -0.137. The van der Waals surface area contributed by atoms with Crippen LogP contribution in [-0.4, -0.2) is 20.0 Å². The Bertz CT molecular complexity index is 742. The number of alkyl halides is 3. The lowest BCUT2D eigenvalue weighted by Gasteiger charge is -2.07. The molecule has 0 aliphatic carbocycles. The Balaban J connectivity index is 2.25. The van der Waals surface area contributed by atoms with Gasteiger partial charge in [0.05, 0.1) is 19.8 Å². The van der Waals surface area contributed by atoms with Crippen LogP contribution in [0, 0.1) is 0 Å². The summed E-state index contributed by atoms with van der Waals surface area (Å²) in [5, 5.41) is 0. The molecule has 0 bridgehead atoms. The molecular weight excluding hydrogens is 321 g/mol. The molecule has 0 aromatic heterocycles. The van der Waals surface area contributed by atoms with Gasteiger partial charge in [-0.25, -0.2) is 0 Å². The molecule has 2 aromatic carbocycles. The van der Waals surface area contributed by atoms with Crippen molar-refractivity contribution in [3.63, 3.8) is 0 Å². The highest BCUT2D eigenvalue weighted by Crippen LogP contribution is 2.29. The van der Waals surface area contributed by atoms with Crippen LogP contribution in [0.4, 0.5) is 13.2 Å². The van der Waals surface area contributed by atoms with E-state index in [1.165, 1.54) is 38.5 Å². The predicted molar refractivity (Wildman–Crippen MR) is 84.4 cm³/mol. The van der Waals surface area contributed by atoms with Gasteiger partial charge in [-0.1, -0.05) is 18.2 Å². The molecule has 0 spiro atoms. The fourth-order valence-corrected chi connectivity index (χ4v) is 2.04. The third kappa shape index (κ3) is 4.38. The van der Waals surface area contributed by atoms with Crippen molar-refractivity contribution >= 4 is 11.9 Å². The number of benzene rings is 2. The van der Waals surface area contributed by atoms with Gasteiger partial charge in [-0.2, -0.15) is 13.2 Å². The minimum Gasteiger partial charge on any atom is -0.497 e. The molecule has 0 atom stereocenters. The molecule has 3 nitrogen and oxygen atoms in total. The van der Waals surface area contributed by atoms with Crippen LogP contribution in [0.15, 0.2) is 48.5 Å². The standard InChI is InChI=1S/C18H15F3O3/c1-23-15-8-12(9-16(11-15)24-2)6-7-17(22)13-4-3-5-14(10-13)18(19,20)21/h3-11H,1-2H3/b7-6+. The molecule has 0 amide bonds. The first kappa shape index (κ1) is 17.6. The highest BCUT2D eigenvalue weighted by molar-refractivity contribution is 6.06. The smallest absolute Gasteiger partial charge is 0.416 e. The number of rotatable bonds is 5. The highest BCUT2D eigenvalue weighted by atomic mass is 19.4. The third-order valence-electron chi connectivity index (χ3n) is 3.28. The molecular formula is C18H15F3O3. The van der Waals surface area contributed by atoms with E-state index in [0.29, 0.717) is 17.1 Å². The average molecular weight is 336 g/mol. The second-order valence-corrected chi connectivity index (χ2v) is 4.92. The summed E-state index contributed by atoms with van der Waals surface area (Å²) in [6.07, 6.45) is -1.78. The quantitative estimate of drug-likeness (QED) is 0.590. The van der Waals surface area contributed by atoms with Crippen molar-refractivity contribution in [1.29, 1.82) is 0 Å². The molecule has 0 fully saturated rings. The maximum atomic E-state index is 12.7. The van der Waals surface area contributed by atoms with Crippen LogP contribution in [-0.2, 0) is 6.18 Å². The van der Waals surface area contributed by atoms with Gasteiger partial charge in [-0.15, -0.1) is 0 Å². The van der Waals surface area contributed by atoms with E-state index in [1.54, 1.807) is 18.2 Å². The Morgan fingerprint density at radius 2 is 1.62 bits per heavy atom. The summed E-state index contributed by atoms with van der Waals surface area (Å²) in [4.78, 5) is 12.1. The topological polar surface area (TPSA) is 35.5 Å². The largest absolute Gasteiger partial charge is 0.497 e. The highest BCUT2D eigenvalue weighted by Gasteiger charge is 2.30. The van der Waals surface area contributed by atoms with Crippen LogP contribution in [0.25, 0.3) is 6.08 Å². The fraction of sp³-hybridized carbons (Fsp3) is 0.167. The number of halogens is 3. The van der Waals surface area contributed by atoms with Crippen molar-refractivity contribution in [3.8, 4) is 11.5 Å². The average Bonchev–Trinajstić information content (AvgIpc) is 2.58. The molecule has 2 rings (SSSR count). The van der Waals surface area contributed by atoms with E-state index in [2.05, 4.69) is 0 Å².